The zero-order chi connectivity index (χ0) is 18.7. The molecule has 1 aromatic carbocycles. The van der Waals surface area contributed by atoms with Crippen LogP contribution in [0, 0.1) is 17.4 Å². The van der Waals surface area contributed by atoms with Crippen molar-refractivity contribution in [2.45, 2.75) is 50.8 Å². The molecule has 3 atom stereocenters. The molecule has 1 aromatic rings. The van der Waals surface area contributed by atoms with E-state index in [4.69, 9.17) is 11.0 Å². The molecule has 0 saturated heterocycles. The number of carbonyl (C=O) groups excluding carboxylic acids is 1. The zero-order valence-corrected chi connectivity index (χ0v) is 14.4. The number of amides is 1. The van der Waals surface area contributed by atoms with Crippen molar-refractivity contribution in [1.29, 1.82) is 5.26 Å². The van der Waals surface area contributed by atoms with Gasteiger partial charge in [-0.1, -0.05) is 35.4 Å². The van der Waals surface area contributed by atoms with Gasteiger partial charge in [0, 0.05) is 0 Å². The fourth-order valence-corrected chi connectivity index (χ4v) is 2.55. The van der Waals surface area contributed by atoms with Gasteiger partial charge in [-0.15, -0.1) is 0 Å². The Morgan fingerprint density at radius 1 is 1.40 bits per heavy atom. The van der Waals surface area contributed by atoms with Gasteiger partial charge in [-0.05, 0) is 50.5 Å². The fraction of sp³-hybridized carbons (Fsp3) is 0.556. The topological polar surface area (TPSA) is 112 Å². The summed E-state index contributed by atoms with van der Waals surface area (Å²) in [5.41, 5.74) is 4.08. The van der Waals surface area contributed by atoms with E-state index in [1.807, 2.05) is 30.3 Å². The van der Waals surface area contributed by atoms with Crippen LogP contribution in [0.4, 0.5) is 4.39 Å². The number of azo groups is 1. The summed E-state index contributed by atoms with van der Waals surface area (Å²) >= 11 is 0. The minimum atomic E-state index is -2.10. The molecule has 3 N–H and O–H groups in total. The summed E-state index contributed by atoms with van der Waals surface area (Å²) in [6.07, 6.45) is 2.94. The number of hydrogen-bond acceptors (Lipinski definition) is 5. The van der Waals surface area contributed by atoms with Gasteiger partial charge in [-0.2, -0.15) is 10.4 Å². The highest BCUT2D eigenvalue weighted by Crippen LogP contribution is 2.24. The van der Waals surface area contributed by atoms with Gasteiger partial charge in [0.05, 0.1) is 12.6 Å². The van der Waals surface area contributed by atoms with E-state index in [2.05, 4.69) is 10.2 Å². The molecule has 0 aliphatic carbocycles. The second kappa shape index (κ2) is 10.5. The van der Waals surface area contributed by atoms with Crippen molar-refractivity contribution in [1.82, 2.24) is 0 Å². The summed E-state index contributed by atoms with van der Waals surface area (Å²) in [6.45, 7) is 1.35. The first-order chi connectivity index (χ1) is 11.8. The highest BCUT2D eigenvalue weighted by molar-refractivity contribution is 5.82. The van der Waals surface area contributed by atoms with Gasteiger partial charge < -0.3 is 10.8 Å². The summed E-state index contributed by atoms with van der Waals surface area (Å²) in [7, 11) is 0. The summed E-state index contributed by atoms with van der Waals surface area (Å²) in [4.78, 5) is 11.1. The van der Waals surface area contributed by atoms with Crippen LogP contribution in [0.15, 0.2) is 40.6 Å². The number of benzene rings is 1. The van der Waals surface area contributed by atoms with Gasteiger partial charge >= 0.3 is 0 Å². The normalized spacial score (nSPS) is 16.1. The third-order valence-electron chi connectivity index (χ3n) is 4.21. The average Bonchev–Trinajstić information content (AvgIpc) is 2.58. The third kappa shape index (κ3) is 8.36. The lowest BCUT2D eigenvalue weighted by Gasteiger charge is -2.22. The predicted molar refractivity (Wildman–Crippen MR) is 92.2 cm³/mol. The van der Waals surface area contributed by atoms with E-state index in [-0.39, 0.29) is 18.9 Å². The lowest BCUT2D eigenvalue weighted by molar-refractivity contribution is -0.129. The molecule has 1 amide bonds. The number of nitriles is 1. The van der Waals surface area contributed by atoms with Crippen molar-refractivity contribution >= 4 is 5.91 Å². The van der Waals surface area contributed by atoms with E-state index in [1.54, 1.807) is 6.19 Å². The Morgan fingerprint density at radius 2 is 2.08 bits per heavy atom. The monoisotopic (exact) mass is 348 g/mol. The molecular weight excluding hydrogens is 323 g/mol. The van der Waals surface area contributed by atoms with Crippen LogP contribution in [-0.2, 0) is 11.2 Å². The third-order valence-corrected chi connectivity index (χ3v) is 4.21. The van der Waals surface area contributed by atoms with E-state index in [0.717, 1.165) is 18.9 Å². The summed E-state index contributed by atoms with van der Waals surface area (Å²) in [6, 6.07) is 9.81. The second-order valence-corrected chi connectivity index (χ2v) is 6.40. The number of aliphatic hydroxyl groups is 1. The van der Waals surface area contributed by atoms with Gasteiger partial charge in [-0.3, -0.25) is 4.79 Å². The number of aliphatic hydroxyl groups excluding tert-OH is 1. The van der Waals surface area contributed by atoms with Crippen LogP contribution >= 0.6 is 0 Å². The van der Waals surface area contributed by atoms with Gasteiger partial charge in [0.1, 0.15) is 0 Å². The highest BCUT2D eigenvalue weighted by Gasteiger charge is 2.31. The van der Waals surface area contributed by atoms with E-state index in [0.29, 0.717) is 19.3 Å². The summed E-state index contributed by atoms with van der Waals surface area (Å²) < 4.78 is 14.0. The van der Waals surface area contributed by atoms with E-state index >= 15 is 0 Å². The number of halogens is 1. The lowest BCUT2D eigenvalue weighted by Crippen LogP contribution is -2.37. The van der Waals surface area contributed by atoms with Gasteiger partial charge in [0.2, 0.25) is 6.19 Å². The molecule has 0 saturated carbocycles. The standard InChI is InChI=1S/C18H25FN4O2/c1-18(19,17(21)25)10-9-15(12-22-23-13-20)11-16(24)8-7-14-5-3-2-4-6-14/h2-6,15-16,24H,7-12H2,1H3,(H2,21,25). The van der Waals surface area contributed by atoms with E-state index in [1.165, 1.54) is 0 Å². The largest absolute Gasteiger partial charge is 0.393 e. The molecule has 0 bridgehead atoms. The smallest absolute Gasteiger partial charge is 0.254 e. The predicted octanol–water partition coefficient (Wildman–Crippen LogP) is 2.91. The summed E-state index contributed by atoms with van der Waals surface area (Å²) in [5.74, 6) is -1.19. The number of hydrogen-bond donors (Lipinski definition) is 2. The highest BCUT2D eigenvalue weighted by atomic mass is 19.1. The van der Waals surface area contributed by atoms with Crippen molar-refractivity contribution in [3.63, 3.8) is 0 Å². The molecule has 0 aliphatic heterocycles. The Bertz CT molecular complexity index is 599. The Hall–Kier alpha value is -2.33. The zero-order valence-electron chi connectivity index (χ0n) is 14.4. The Balaban J connectivity index is 2.55. The lowest BCUT2D eigenvalue weighted by atomic mass is 9.89. The van der Waals surface area contributed by atoms with Crippen LogP contribution in [-0.4, -0.2) is 29.3 Å². The van der Waals surface area contributed by atoms with Crippen molar-refractivity contribution in [2.75, 3.05) is 6.54 Å². The number of nitrogens with two attached hydrogens (primary N) is 1. The molecule has 7 heteroatoms. The van der Waals surface area contributed by atoms with Crippen molar-refractivity contribution in [3.05, 3.63) is 35.9 Å². The first-order valence-corrected chi connectivity index (χ1v) is 8.31. The molecule has 136 valence electrons. The summed E-state index contributed by atoms with van der Waals surface area (Å²) in [5, 5.41) is 25.7. The van der Waals surface area contributed by atoms with E-state index in [9.17, 15) is 14.3 Å². The Labute approximate surface area is 147 Å². The van der Waals surface area contributed by atoms with Crippen molar-refractivity contribution in [3.8, 4) is 6.19 Å². The van der Waals surface area contributed by atoms with Gasteiger partial charge in [0.15, 0.2) is 5.67 Å². The molecule has 0 fully saturated rings. The van der Waals surface area contributed by atoms with Crippen LogP contribution in [0.5, 0.6) is 0 Å². The van der Waals surface area contributed by atoms with Crippen LogP contribution in [0.1, 0.15) is 38.2 Å². The number of primary amides is 1. The maximum Gasteiger partial charge on any atom is 0.254 e. The SMILES string of the molecule is CC(F)(CCC(CN=NC#N)CC(O)CCc1ccccc1)C(N)=O. The van der Waals surface area contributed by atoms with Gasteiger partial charge in [-0.25, -0.2) is 4.39 Å². The van der Waals surface area contributed by atoms with Crippen LogP contribution in [0.3, 0.4) is 0 Å². The molecule has 0 aliphatic rings. The molecule has 0 aromatic heterocycles. The molecular formula is C18H25FN4O2. The number of carbonyl (C=O) groups is 1. The van der Waals surface area contributed by atoms with Crippen molar-refractivity contribution < 1.29 is 14.3 Å². The first kappa shape index (κ1) is 20.7. The van der Waals surface area contributed by atoms with Crippen molar-refractivity contribution in [2.24, 2.45) is 21.9 Å². The van der Waals surface area contributed by atoms with Crippen LogP contribution in [0.25, 0.3) is 0 Å². The molecule has 6 nitrogen and oxygen atoms in total. The maximum absolute atomic E-state index is 14.0. The number of aryl methyl sites for hydroxylation is 1. The molecule has 1 rings (SSSR count). The number of nitrogens with zero attached hydrogens (tertiary/aromatic N) is 3. The minimum Gasteiger partial charge on any atom is -0.393 e. The Kier molecular flexibility index (Phi) is 8.71. The minimum absolute atomic E-state index is 0.0551. The molecule has 25 heavy (non-hydrogen) atoms. The van der Waals surface area contributed by atoms with Crippen LogP contribution < -0.4 is 5.73 Å². The molecule has 0 spiro atoms. The Morgan fingerprint density at radius 3 is 2.68 bits per heavy atom. The maximum atomic E-state index is 14.0. The fourth-order valence-electron chi connectivity index (χ4n) is 2.55. The van der Waals surface area contributed by atoms with Crippen LogP contribution in [0.2, 0.25) is 0 Å². The first-order valence-electron chi connectivity index (χ1n) is 8.31. The van der Waals surface area contributed by atoms with E-state index < -0.39 is 17.7 Å². The average molecular weight is 348 g/mol. The molecule has 0 heterocycles. The number of alkyl halides is 1. The van der Waals surface area contributed by atoms with Gasteiger partial charge in [0.25, 0.3) is 5.91 Å². The number of rotatable bonds is 11. The quantitative estimate of drug-likeness (QED) is 0.473. The molecule has 0 radical (unpaired) electrons. The molecule has 3 unspecified atom stereocenters. The second-order valence-electron chi connectivity index (χ2n) is 6.40.